The van der Waals surface area contributed by atoms with Crippen LogP contribution in [0, 0.1) is 27.7 Å². The maximum atomic E-state index is 10.5. The van der Waals surface area contributed by atoms with Gasteiger partial charge >= 0.3 is 29.6 Å². The van der Waals surface area contributed by atoms with E-state index in [2.05, 4.69) is 6.92 Å². The first-order chi connectivity index (χ1) is 14.4. The summed E-state index contributed by atoms with van der Waals surface area (Å²) in [5.41, 5.74) is 6.43. The van der Waals surface area contributed by atoms with E-state index >= 15 is 0 Å². The SMILES string of the molecule is Cc1ccc(C2OC[C@@H]3OC(c4ccc(C)c(C)c4)O[C@H]([C@H](O)CO)[C@@H]3O2)cc1C.[H-].[Na+]. The fraction of sp³-hybridized carbons (Fsp3) is 0.500. The zero-order valence-corrected chi connectivity index (χ0v) is 20.9. The van der Waals surface area contributed by atoms with Crippen molar-refractivity contribution in [3.63, 3.8) is 0 Å². The Kier molecular flexibility index (Phi) is 8.35. The fourth-order valence-electron chi connectivity index (χ4n) is 3.93. The zero-order valence-electron chi connectivity index (χ0n) is 19.9. The third-order valence-corrected chi connectivity index (χ3v) is 6.13. The summed E-state index contributed by atoms with van der Waals surface area (Å²) in [6.45, 7) is 8.07. The number of hydrogen-bond acceptors (Lipinski definition) is 6. The summed E-state index contributed by atoms with van der Waals surface area (Å²) in [6.07, 6.45) is -4.05. The van der Waals surface area contributed by atoms with Crippen molar-refractivity contribution in [1.29, 1.82) is 0 Å². The van der Waals surface area contributed by atoms with Crippen LogP contribution in [0.15, 0.2) is 36.4 Å². The van der Waals surface area contributed by atoms with Gasteiger partial charge in [0.2, 0.25) is 0 Å². The minimum atomic E-state index is -1.09. The molecule has 0 amide bonds. The summed E-state index contributed by atoms with van der Waals surface area (Å²) in [4.78, 5) is 0. The van der Waals surface area contributed by atoms with Crippen molar-refractivity contribution < 1.29 is 60.1 Å². The Labute approximate surface area is 207 Å². The van der Waals surface area contributed by atoms with Crippen LogP contribution in [0.25, 0.3) is 0 Å². The second-order valence-corrected chi connectivity index (χ2v) is 8.31. The van der Waals surface area contributed by atoms with Crippen LogP contribution in [0.1, 0.15) is 47.4 Å². The van der Waals surface area contributed by atoms with Gasteiger partial charge < -0.3 is 30.6 Å². The van der Waals surface area contributed by atoms with Crippen LogP contribution in [0.5, 0.6) is 0 Å². The van der Waals surface area contributed by atoms with E-state index in [4.69, 9.17) is 18.9 Å². The molecule has 2 saturated heterocycles. The summed E-state index contributed by atoms with van der Waals surface area (Å²) in [5, 5.41) is 20.1. The molecule has 6 atom stereocenters. The second-order valence-electron chi connectivity index (χ2n) is 8.31. The number of hydrogen-bond donors (Lipinski definition) is 2. The van der Waals surface area contributed by atoms with Crippen molar-refractivity contribution in [3.05, 3.63) is 69.8 Å². The van der Waals surface area contributed by atoms with Crippen LogP contribution >= 0.6 is 0 Å². The Balaban J connectivity index is 0.00000181. The third-order valence-electron chi connectivity index (χ3n) is 6.13. The van der Waals surface area contributed by atoms with Crippen LogP contribution in [-0.4, -0.2) is 47.8 Å². The monoisotopic (exact) mass is 438 g/mol. The quantitative estimate of drug-likeness (QED) is 0.669. The Morgan fingerprint density at radius 1 is 0.871 bits per heavy atom. The smallest absolute Gasteiger partial charge is 1.00 e. The topological polar surface area (TPSA) is 77.4 Å². The van der Waals surface area contributed by atoms with E-state index < -0.39 is 43.6 Å². The average Bonchev–Trinajstić information content (AvgIpc) is 2.75. The van der Waals surface area contributed by atoms with Gasteiger partial charge in [-0.25, -0.2) is 0 Å². The molecule has 2 unspecified atom stereocenters. The minimum absolute atomic E-state index is 0. The van der Waals surface area contributed by atoms with Gasteiger partial charge in [-0.05, 0) is 49.9 Å². The molecule has 2 aromatic rings. The maximum absolute atomic E-state index is 10.5. The molecule has 6 nitrogen and oxygen atoms in total. The second kappa shape index (κ2) is 10.4. The molecule has 2 aromatic carbocycles. The molecular weight excluding hydrogens is 407 g/mol. The van der Waals surface area contributed by atoms with Crippen molar-refractivity contribution in [2.75, 3.05) is 13.2 Å². The van der Waals surface area contributed by atoms with Crippen LogP contribution < -0.4 is 29.6 Å². The summed E-state index contributed by atoms with van der Waals surface area (Å²) < 4.78 is 24.4. The average molecular weight is 438 g/mol. The normalized spacial score (nSPS) is 29.0. The first-order valence-electron chi connectivity index (χ1n) is 10.4. The van der Waals surface area contributed by atoms with Crippen LogP contribution in [-0.2, 0) is 18.9 Å². The Morgan fingerprint density at radius 2 is 1.45 bits per heavy atom. The first kappa shape index (κ1) is 24.8. The van der Waals surface area contributed by atoms with E-state index in [0.29, 0.717) is 6.61 Å². The van der Waals surface area contributed by atoms with E-state index in [1.807, 2.05) is 57.2 Å². The number of aliphatic hydroxyl groups excluding tert-OH is 2. The summed E-state index contributed by atoms with van der Waals surface area (Å²) >= 11 is 0. The molecular formula is C24H31NaO6. The van der Waals surface area contributed by atoms with Crippen LogP contribution in [0.2, 0.25) is 0 Å². The van der Waals surface area contributed by atoms with E-state index in [9.17, 15) is 10.2 Å². The molecule has 2 heterocycles. The number of fused-ring (bicyclic) bond motifs is 1. The van der Waals surface area contributed by atoms with Crippen molar-refractivity contribution in [3.8, 4) is 0 Å². The number of aliphatic hydroxyl groups is 2. The molecule has 7 heteroatoms. The molecule has 0 aliphatic carbocycles. The summed E-state index contributed by atoms with van der Waals surface area (Å²) in [7, 11) is 0. The van der Waals surface area contributed by atoms with E-state index in [1.165, 1.54) is 11.1 Å². The third kappa shape index (κ3) is 5.24. The van der Waals surface area contributed by atoms with Gasteiger partial charge in [0.1, 0.15) is 24.4 Å². The van der Waals surface area contributed by atoms with Crippen molar-refractivity contribution in [1.82, 2.24) is 0 Å². The van der Waals surface area contributed by atoms with Crippen molar-refractivity contribution >= 4 is 0 Å². The molecule has 4 rings (SSSR count). The van der Waals surface area contributed by atoms with Crippen LogP contribution in [0.3, 0.4) is 0 Å². The Morgan fingerprint density at radius 3 is 2.00 bits per heavy atom. The molecule has 0 aromatic heterocycles. The number of aryl methyl sites for hydroxylation is 4. The molecule has 2 aliphatic rings. The first-order valence-corrected chi connectivity index (χ1v) is 10.4. The fourth-order valence-corrected chi connectivity index (χ4v) is 3.93. The van der Waals surface area contributed by atoms with Crippen LogP contribution in [0.4, 0.5) is 0 Å². The van der Waals surface area contributed by atoms with Gasteiger partial charge in [-0.2, -0.15) is 0 Å². The number of ether oxygens (including phenoxy) is 4. The molecule has 2 aliphatic heterocycles. The molecule has 2 fully saturated rings. The number of benzene rings is 2. The van der Waals surface area contributed by atoms with Gasteiger partial charge in [0.25, 0.3) is 0 Å². The van der Waals surface area contributed by atoms with Crippen molar-refractivity contribution in [2.45, 2.75) is 64.7 Å². The minimum Gasteiger partial charge on any atom is -1.00 e. The van der Waals surface area contributed by atoms with Gasteiger partial charge in [-0.15, -0.1) is 0 Å². The summed E-state index contributed by atoms with van der Waals surface area (Å²) in [5.74, 6) is 0. The van der Waals surface area contributed by atoms with E-state index in [-0.39, 0.29) is 31.0 Å². The number of rotatable bonds is 4. The van der Waals surface area contributed by atoms with E-state index in [1.54, 1.807) is 0 Å². The maximum Gasteiger partial charge on any atom is 1.00 e. The standard InChI is InChI=1S/C24H30O6.Na.H/c1-13-5-7-17(9-15(13)3)23-27-12-20-22(30-23)21(19(26)11-25)29-24(28-20)18-8-6-14(2)16(4)10-18;;/h5-10,19-26H,11-12H2,1-4H3;;/q;+1;-1/t19-,20+,21-,22-,23?,24?;;/m1../s1. The Bertz CT molecular complexity index is 908. The van der Waals surface area contributed by atoms with Gasteiger partial charge in [-0.3, -0.25) is 0 Å². The molecule has 31 heavy (non-hydrogen) atoms. The van der Waals surface area contributed by atoms with Gasteiger partial charge in [0.15, 0.2) is 12.6 Å². The van der Waals surface area contributed by atoms with Gasteiger partial charge in [-0.1, -0.05) is 36.4 Å². The van der Waals surface area contributed by atoms with E-state index in [0.717, 1.165) is 22.3 Å². The van der Waals surface area contributed by atoms with Gasteiger partial charge in [0, 0.05) is 11.1 Å². The van der Waals surface area contributed by atoms with Crippen molar-refractivity contribution in [2.24, 2.45) is 0 Å². The summed E-state index contributed by atoms with van der Waals surface area (Å²) in [6, 6.07) is 12.1. The van der Waals surface area contributed by atoms with Gasteiger partial charge in [0.05, 0.1) is 13.2 Å². The Hall–Kier alpha value is -0.800. The molecule has 0 spiro atoms. The zero-order chi connectivity index (χ0) is 21.4. The predicted molar refractivity (Wildman–Crippen MR) is 112 cm³/mol. The predicted octanol–water partition coefficient (Wildman–Crippen LogP) is 0.287. The largest absolute Gasteiger partial charge is 1.00 e. The molecule has 0 saturated carbocycles. The molecule has 0 bridgehead atoms. The molecule has 2 N–H and O–H groups in total. The molecule has 164 valence electrons. The molecule has 0 radical (unpaired) electrons.